The third-order valence-corrected chi connectivity index (χ3v) is 4.84. The molecule has 2 atom stereocenters. The summed E-state index contributed by atoms with van der Waals surface area (Å²) >= 11 is 3.51. The number of hydroxylamine groups is 2. The second kappa shape index (κ2) is 4.91. The Bertz CT molecular complexity index is 789. The summed E-state index contributed by atoms with van der Waals surface area (Å²) in [4.78, 5) is 17.2. The molecule has 0 N–H and O–H groups in total. The van der Waals surface area contributed by atoms with Gasteiger partial charge in [-0.1, -0.05) is 28.1 Å². The minimum atomic E-state index is -0.164. The molecule has 2 heterocycles. The first-order valence-corrected chi connectivity index (χ1v) is 7.80. The van der Waals surface area contributed by atoms with Crippen LogP contribution < -0.4 is 0 Å². The van der Waals surface area contributed by atoms with Crippen molar-refractivity contribution >= 4 is 21.8 Å². The van der Waals surface area contributed by atoms with Crippen LogP contribution in [0.2, 0.25) is 0 Å². The van der Waals surface area contributed by atoms with E-state index in [1.54, 1.807) is 7.05 Å². The number of hydrogen-bond donors (Lipinski definition) is 0. The molecule has 1 amide bonds. The van der Waals surface area contributed by atoms with Crippen molar-refractivity contribution in [2.45, 2.75) is 12.2 Å². The molecule has 0 saturated heterocycles. The van der Waals surface area contributed by atoms with Crippen molar-refractivity contribution < 1.29 is 14.4 Å². The third-order valence-electron chi connectivity index (χ3n) is 4.34. The van der Waals surface area contributed by atoms with E-state index in [0.717, 1.165) is 15.6 Å². The normalized spacial score (nSPS) is 20.7. The molecule has 0 fully saturated rings. The lowest BCUT2D eigenvalue weighted by Crippen LogP contribution is -2.25. The Labute approximate surface area is 136 Å². The van der Waals surface area contributed by atoms with Crippen LogP contribution in [0.3, 0.4) is 0 Å². The number of benzene rings is 2. The predicted molar refractivity (Wildman–Crippen MR) is 84.5 cm³/mol. The molecule has 2 aliphatic heterocycles. The van der Waals surface area contributed by atoms with E-state index in [-0.39, 0.29) is 18.1 Å². The zero-order chi connectivity index (χ0) is 15.4. The second-order valence-corrected chi connectivity index (χ2v) is 6.41. The molecule has 5 heteroatoms. The van der Waals surface area contributed by atoms with Crippen molar-refractivity contribution in [2.75, 3.05) is 14.2 Å². The highest BCUT2D eigenvalue weighted by atomic mass is 79.9. The molecule has 4 rings (SSSR count). The van der Waals surface area contributed by atoms with Crippen LogP contribution in [0.1, 0.15) is 44.8 Å². The van der Waals surface area contributed by atoms with E-state index in [0.29, 0.717) is 5.56 Å². The van der Waals surface area contributed by atoms with Crippen LogP contribution in [0.25, 0.3) is 0 Å². The van der Waals surface area contributed by atoms with Crippen LogP contribution >= 0.6 is 15.9 Å². The Balaban J connectivity index is 1.77. The van der Waals surface area contributed by atoms with Gasteiger partial charge in [0.05, 0.1) is 7.11 Å². The smallest absolute Gasteiger partial charge is 0.277 e. The lowest BCUT2D eigenvalue weighted by Gasteiger charge is -2.18. The lowest BCUT2D eigenvalue weighted by atomic mass is 9.85. The van der Waals surface area contributed by atoms with Gasteiger partial charge < -0.3 is 4.74 Å². The summed E-state index contributed by atoms with van der Waals surface area (Å²) in [5, 5.41) is 1.22. The number of amides is 1. The fourth-order valence-corrected chi connectivity index (χ4v) is 3.59. The number of nitrogens with zero attached hydrogens (tertiary/aromatic N) is 1. The first-order chi connectivity index (χ1) is 10.6. The van der Waals surface area contributed by atoms with E-state index in [1.807, 2.05) is 24.3 Å². The van der Waals surface area contributed by atoms with E-state index in [2.05, 4.69) is 28.1 Å². The molecule has 2 aromatic carbocycles. The molecule has 4 nitrogen and oxygen atoms in total. The summed E-state index contributed by atoms with van der Waals surface area (Å²) in [5.74, 6) is -0.164. The molecule has 0 spiro atoms. The van der Waals surface area contributed by atoms with E-state index < -0.39 is 0 Å². The molecule has 2 bridgehead atoms. The monoisotopic (exact) mass is 359 g/mol. The number of fused-ring (bicyclic) bond motifs is 8. The highest BCUT2D eigenvalue weighted by Gasteiger charge is 2.42. The molecule has 0 aliphatic carbocycles. The zero-order valence-electron chi connectivity index (χ0n) is 12.2. The van der Waals surface area contributed by atoms with Gasteiger partial charge in [-0.25, -0.2) is 5.06 Å². The maximum absolute atomic E-state index is 12.2. The number of ether oxygens (including phenoxy) is 1. The molecule has 2 aliphatic rings. The van der Waals surface area contributed by atoms with Gasteiger partial charge in [0.1, 0.15) is 12.2 Å². The number of carbonyl (C=O) groups excluding carboxylic acids is 1. The Kier molecular flexibility index (Phi) is 3.11. The molecule has 22 heavy (non-hydrogen) atoms. The highest BCUT2D eigenvalue weighted by molar-refractivity contribution is 9.10. The molecular formula is C17H14BrNO3. The Hall–Kier alpha value is -1.69. The van der Waals surface area contributed by atoms with Crippen LogP contribution in [-0.2, 0) is 9.57 Å². The van der Waals surface area contributed by atoms with Gasteiger partial charge >= 0.3 is 0 Å². The Morgan fingerprint density at radius 3 is 2.45 bits per heavy atom. The molecule has 0 unspecified atom stereocenters. The summed E-state index contributed by atoms with van der Waals surface area (Å²) < 4.78 is 7.15. The maximum Gasteiger partial charge on any atom is 0.277 e. The van der Waals surface area contributed by atoms with Gasteiger partial charge in [0.25, 0.3) is 5.91 Å². The van der Waals surface area contributed by atoms with Gasteiger partial charge in [-0.05, 0) is 46.5 Å². The summed E-state index contributed by atoms with van der Waals surface area (Å²) in [6, 6.07) is 12.0. The lowest BCUT2D eigenvalue weighted by molar-refractivity contribution is -0.0757. The molecule has 0 saturated carbocycles. The van der Waals surface area contributed by atoms with Gasteiger partial charge in [-0.15, -0.1) is 0 Å². The molecule has 0 radical (unpaired) electrons. The van der Waals surface area contributed by atoms with Gasteiger partial charge in [0, 0.05) is 17.1 Å². The van der Waals surface area contributed by atoms with Crippen LogP contribution in [-0.4, -0.2) is 25.1 Å². The number of halogens is 1. The highest BCUT2D eigenvalue weighted by Crippen LogP contribution is 2.54. The first kappa shape index (κ1) is 13.9. The zero-order valence-corrected chi connectivity index (χ0v) is 13.8. The minimum absolute atomic E-state index is 0.0209. The van der Waals surface area contributed by atoms with Crippen LogP contribution in [0.4, 0.5) is 0 Å². The quantitative estimate of drug-likeness (QED) is 0.769. The van der Waals surface area contributed by atoms with Gasteiger partial charge in [0.15, 0.2) is 0 Å². The average Bonchev–Trinajstić information content (AvgIpc) is 3.09. The number of rotatable bonds is 2. The predicted octanol–water partition coefficient (Wildman–Crippen LogP) is 3.60. The van der Waals surface area contributed by atoms with E-state index in [1.165, 1.54) is 23.3 Å². The van der Waals surface area contributed by atoms with Gasteiger partial charge in [-0.3, -0.25) is 9.63 Å². The van der Waals surface area contributed by atoms with E-state index in [4.69, 9.17) is 9.57 Å². The van der Waals surface area contributed by atoms with E-state index >= 15 is 0 Å². The Morgan fingerprint density at radius 2 is 1.73 bits per heavy atom. The maximum atomic E-state index is 12.2. The largest absolute Gasteiger partial charge is 0.356 e. The molecule has 2 aromatic rings. The topological polar surface area (TPSA) is 38.8 Å². The molecule has 0 aromatic heterocycles. The second-order valence-electron chi connectivity index (χ2n) is 5.50. The van der Waals surface area contributed by atoms with Crippen molar-refractivity contribution in [2.24, 2.45) is 0 Å². The fourth-order valence-electron chi connectivity index (χ4n) is 3.21. The standard InChI is InChI=1S/C17H14BrNO3/c1-19(21-2)17(20)9-3-5-11-13(7-9)16-14-8-10(18)4-6-12(14)15(11)22-16/h3-8,15-16H,1-2H3/t15-,16+/m0/s1. The van der Waals surface area contributed by atoms with Gasteiger partial charge in [0.2, 0.25) is 0 Å². The minimum Gasteiger partial charge on any atom is -0.356 e. The molecular weight excluding hydrogens is 346 g/mol. The van der Waals surface area contributed by atoms with Crippen molar-refractivity contribution in [3.63, 3.8) is 0 Å². The summed E-state index contributed by atoms with van der Waals surface area (Å²) in [7, 11) is 3.08. The number of hydrogen-bond acceptors (Lipinski definition) is 3. The van der Waals surface area contributed by atoms with E-state index in [9.17, 15) is 4.79 Å². The van der Waals surface area contributed by atoms with Crippen LogP contribution in [0.15, 0.2) is 40.9 Å². The fraction of sp³-hybridized carbons (Fsp3) is 0.235. The number of carbonyl (C=O) groups is 1. The Morgan fingerprint density at radius 1 is 1.09 bits per heavy atom. The summed E-state index contributed by atoms with van der Waals surface area (Å²) in [6.45, 7) is 0. The van der Waals surface area contributed by atoms with Crippen molar-refractivity contribution in [3.05, 3.63) is 68.7 Å². The van der Waals surface area contributed by atoms with Crippen molar-refractivity contribution in [1.29, 1.82) is 0 Å². The summed E-state index contributed by atoms with van der Waals surface area (Å²) in [6.07, 6.45) is -0.111. The first-order valence-electron chi connectivity index (χ1n) is 7.01. The van der Waals surface area contributed by atoms with Crippen molar-refractivity contribution in [1.82, 2.24) is 5.06 Å². The van der Waals surface area contributed by atoms with Crippen LogP contribution in [0, 0.1) is 0 Å². The van der Waals surface area contributed by atoms with Crippen molar-refractivity contribution in [3.8, 4) is 0 Å². The van der Waals surface area contributed by atoms with Gasteiger partial charge in [-0.2, -0.15) is 0 Å². The average molecular weight is 360 g/mol. The van der Waals surface area contributed by atoms with Crippen LogP contribution in [0.5, 0.6) is 0 Å². The summed E-state index contributed by atoms with van der Waals surface area (Å²) in [5.41, 5.74) is 5.23. The third kappa shape index (κ3) is 1.86. The SMILES string of the molecule is CON(C)C(=O)c1ccc2c(c1)[C@H]1O[C@@H]2c2ccc(Br)cc21. The molecule has 112 valence electrons.